The summed E-state index contributed by atoms with van der Waals surface area (Å²) in [4.78, 5) is 7.98. The molecule has 1 aromatic carbocycles. The molecule has 30 heavy (non-hydrogen) atoms. The lowest BCUT2D eigenvalue weighted by atomic mass is 10.1. The highest BCUT2D eigenvalue weighted by Crippen LogP contribution is 2.31. The minimum atomic E-state index is -4.36. The molecule has 0 spiro atoms. The molecule has 0 amide bonds. The number of amidine groups is 2. The molecule has 4 N–H and O–H groups in total. The van der Waals surface area contributed by atoms with E-state index in [1.54, 1.807) is 12.1 Å². The van der Waals surface area contributed by atoms with Gasteiger partial charge in [0.25, 0.3) is 0 Å². The summed E-state index contributed by atoms with van der Waals surface area (Å²) in [5.41, 5.74) is 6.65. The van der Waals surface area contributed by atoms with Gasteiger partial charge in [0.1, 0.15) is 11.7 Å². The van der Waals surface area contributed by atoms with Crippen LogP contribution in [0.1, 0.15) is 24.6 Å². The smallest absolute Gasteiger partial charge is 0.387 e. The minimum absolute atomic E-state index is 0.176. The van der Waals surface area contributed by atoms with Crippen molar-refractivity contribution in [1.82, 2.24) is 15.1 Å². The van der Waals surface area contributed by atoms with Crippen molar-refractivity contribution in [3.63, 3.8) is 0 Å². The number of allylic oxidation sites excluding steroid dienone is 1. The van der Waals surface area contributed by atoms with Gasteiger partial charge in [0.2, 0.25) is 0 Å². The lowest BCUT2D eigenvalue weighted by Crippen LogP contribution is -2.49. The maximum atomic E-state index is 12.9. The molecule has 0 bridgehead atoms. The lowest BCUT2D eigenvalue weighted by Gasteiger charge is -2.37. The van der Waals surface area contributed by atoms with Gasteiger partial charge in [-0.2, -0.15) is 18.3 Å². The van der Waals surface area contributed by atoms with Crippen LogP contribution in [-0.2, 0) is 6.18 Å². The molecule has 0 unspecified atom stereocenters. The van der Waals surface area contributed by atoms with E-state index < -0.39 is 11.7 Å². The number of hydrogen-bond donors (Lipinski definition) is 3. The second kappa shape index (κ2) is 9.02. The molecule has 0 saturated carbocycles. The Hall–Kier alpha value is -3.30. The molecular formula is C20H24F3N7. The number of nitrogens with one attached hydrogen (secondary N) is 2. The molecular weight excluding hydrogens is 395 g/mol. The first-order valence-electron chi connectivity index (χ1n) is 9.52. The first kappa shape index (κ1) is 21.4. The summed E-state index contributed by atoms with van der Waals surface area (Å²) in [7, 11) is 0. The lowest BCUT2D eigenvalue weighted by molar-refractivity contribution is -0.137. The number of benzene rings is 1. The van der Waals surface area contributed by atoms with Crippen LogP contribution < -0.4 is 10.6 Å². The van der Waals surface area contributed by atoms with Gasteiger partial charge in [-0.15, -0.1) is 0 Å². The first-order valence-corrected chi connectivity index (χ1v) is 9.52. The van der Waals surface area contributed by atoms with Crippen LogP contribution in [0.2, 0.25) is 0 Å². The largest absolute Gasteiger partial charge is 0.416 e. The molecule has 1 aliphatic heterocycles. The number of halogens is 3. The summed E-state index contributed by atoms with van der Waals surface area (Å²) in [6, 6.07) is 7.08. The fraction of sp³-hybridized carbons (Fsp3) is 0.350. The molecule has 0 radical (unpaired) electrons. The summed E-state index contributed by atoms with van der Waals surface area (Å²) >= 11 is 0. The van der Waals surface area contributed by atoms with E-state index >= 15 is 0 Å². The Labute approximate surface area is 172 Å². The normalized spacial score (nSPS) is 15.8. The Morgan fingerprint density at radius 2 is 2.00 bits per heavy atom. The summed E-state index contributed by atoms with van der Waals surface area (Å²) in [5.74, 6) is 1.05. The zero-order valence-electron chi connectivity index (χ0n) is 16.6. The summed E-state index contributed by atoms with van der Waals surface area (Å²) in [5, 5.41) is 15.2. The van der Waals surface area contributed by atoms with E-state index in [0.717, 1.165) is 17.8 Å². The van der Waals surface area contributed by atoms with E-state index in [1.807, 2.05) is 28.9 Å². The number of nitrogens with zero attached hydrogens (tertiary/aromatic N) is 4. The maximum Gasteiger partial charge on any atom is 0.416 e. The third-order valence-electron chi connectivity index (χ3n) is 4.74. The third-order valence-corrected chi connectivity index (χ3v) is 4.74. The number of aromatic nitrogens is 2. The Morgan fingerprint density at radius 1 is 1.27 bits per heavy atom. The number of nitrogens with two attached hydrogens (primary N) is 1. The fourth-order valence-electron chi connectivity index (χ4n) is 3.23. The zero-order valence-corrected chi connectivity index (χ0v) is 16.6. The van der Waals surface area contributed by atoms with E-state index in [2.05, 4.69) is 15.2 Å². The van der Waals surface area contributed by atoms with Gasteiger partial charge in [-0.25, -0.2) is 4.99 Å². The molecule has 0 atom stereocenters. The van der Waals surface area contributed by atoms with Crippen LogP contribution in [0.25, 0.3) is 6.08 Å². The predicted octanol–water partition coefficient (Wildman–Crippen LogP) is 3.64. The summed E-state index contributed by atoms with van der Waals surface area (Å²) in [6.45, 7) is 3.98. The number of rotatable bonds is 5. The van der Waals surface area contributed by atoms with Gasteiger partial charge in [-0.3, -0.25) is 10.5 Å². The van der Waals surface area contributed by atoms with Crippen molar-refractivity contribution in [2.24, 2.45) is 10.7 Å². The van der Waals surface area contributed by atoms with Crippen LogP contribution in [0.4, 0.5) is 24.7 Å². The van der Waals surface area contributed by atoms with Gasteiger partial charge >= 0.3 is 6.18 Å². The molecule has 0 aliphatic carbocycles. The molecule has 3 rings (SSSR count). The molecule has 2 aromatic rings. The van der Waals surface area contributed by atoms with Crippen molar-refractivity contribution in [3.8, 4) is 0 Å². The monoisotopic (exact) mass is 419 g/mol. The fourth-order valence-corrected chi connectivity index (χ4v) is 3.23. The number of H-pyrrole nitrogens is 1. The highest BCUT2D eigenvalue weighted by molar-refractivity contribution is 6.01. The molecule has 7 nitrogen and oxygen atoms in total. The molecule has 1 aliphatic rings. The number of alkyl halides is 3. The van der Waals surface area contributed by atoms with E-state index in [-0.39, 0.29) is 12.3 Å². The second-order valence-electron chi connectivity index (χ2n) is 6.93. The van der Waals surface area contributed by atoms with Crippen LogP contribution in [0.15, 0.2) is 41.4 Å². The quantitative estimate of drug-likeness (QED) is 0.509. The maximum absolute atomic E-state index is 12.9. The Morgan fingerprint density at radius 3 is 2.67 bits per heavy atom. The number of hydrogen-bond acceptors (Lipinski definition) is 4. The first-order chi connectivity index (χ1) is 14.3. The van der Waals surface area contributed by atoms with Crippen molar-refractivity contribution >= 4 is 29.3 Å². The van der Waals surface area contributed by atoms with Crippen molar-refractivity contribution < 1.29 is 13.2 Å². The number of piperazine rings is 1. The average molecular weight is 419 g/mol. The van der Waals surface area contributed by atoms with Crippen LogP contribution in [0.5, 0.6) is 0 Å². The standard InChI is InChI=1S/C20H24F3N7/c1-2-4-15-12-19(28-27-15)26-17(24)13-18(25)30-9-7-29(8-10-30)16-6-3-5-14(11-16)20(21,22)23/h2-6,11-12,25H,7-10,13H2,1H3,(H3,24,26,27,28)/b4-2+,25-18?. The van der Waals surface area contributed by atoms with Crippen LogP contribution in [0, 0.1) is 5.41 Å². The minimum Gasteiger partial charge on any atom is -0.387 e. The number of aromatic amines is 1. The van der Waals surface area contributed by atoms with Gasteiger partial charge in [-0.1, -0.05) is 12.1 Å². The summed E-state index contributed by atoms with van der Waals surface area (Å²) < 4.78 is 38.8. The molecule has 160 valence electrons. The van der Waals surface area contributed by atoms with Gasteiger partial charge in [0.05, 0.1) is 17.7 Å². The van der Waals surface area contributed by atoms with Crippen molar-refractivity contribution in [3.05, 3.63) is 47.7 Å². The Balaban J connectivity index is 1.55. The Bertz CT molecular complexity index is 938. The average Bonchev–Trinajstić information content (AvgIpc) is 3.14. The predicted molar refractivity (Wildman–Crippen MR) is 112 cm³/mol. The van der Waals surface area contributed by atoms with Gasteiger partial charge in [-0.05, 0) is 31.2 Å². The van der Waals surface area contributed by atoms with Crippen LogP contribution >= 0.6 is 0 Å². The van der Waals surface area contributed by atoms with E-state index in [9.17, 15) is 13.2 Å². The molecule has 1 aromatic heterocycles. The van der Waals surface area contributed by atoms with E-state index in [0.29, 0.717) is 43.5 Å². The second-order valence-corrected chi connectivity index (χ2v) is 6.93. The van der Waals surface area contributed by atoms with E-state index in [4.69, 9.17) is 11.1 Å². The highest BCUT2D eigenvalue weighted by atomic mass is 19.4. The van der Waals surface area contributed by atoms with Crippen molar-refractivity contribution in [1.29, 1.82) is 5.41 Å². The topological polar surface area (TPSA) is 97.4 Å². The van der Waals surface area contributed by atoms with Crippen molar-refractivity contribution in [2.45, 2.75) is 19.5 Å². The van der Waals surface area contributed by atoms with E-state index in [1.165, 1.54) is 6.07 Å². The zero-order chi connectivity index (χ0) is 21.7. The molecule has 1 fully saturated rings. The van der Waals surface area contributed by atoms with Gasteiger partial charge < -0.3 is 15.5 Å². The molecule has 10 heteroatoms. The Kier molecular flexibility index (Phi) is 6.43. The highest BCUT2D eigenvalue weighted by Gasteiger charge is 2.31. The molecule has 2 heterocycles. The van der Waals surface area contributed by atoms with Crippen LogP contribution in [-0.4, -0.2) is 52.9 Å². The number of anilines is 1. The van der Waals surface area contributed by atoms with Crippen molar-refractivity contribution in [2.75, 3.05) is 31.1 Å². The van der Waals surface area contributed by atoms with Gasteiger partial charge in [0, 0.05) is 37.9 Å². The molecule has 1 saturated heterocycles. The van der Waals surface area contributed by atoms with Gasteiger partial charge in [0.15, 0.2) is 5.82 Å². The SMILES string of the molecule is C/C=C/c1cc(N=C(N)CC(=N)N2CCN(c3cccc(C(F)(F)F)c3)CC2)n[nH]1. The third kappa shape index (κ3) is 5.40. The number of aliphatic imine (C=N–C) groups is 1. The van der Waals surface area contributed by atoms with Crippen LogP contribution in [0.3, 0.4) is 0 Å². The summed E-state index contributed by atoms with van der Waals surface area (Å²) in [6.07, 6.45) is -0.457.